The van der Waals surface area contributed by atoms with Crippen LogP contribution < -0.4 is 5.32 Å². The lowest BCUT2D eigenvalue weighted by Crippen LogP contribution is -2.46. The van der Waals surface area contributed by atoms with Gasteiger partial charge in [-0.1, -0.05) is 60.2 Å². The Morgan fingerprint density at radius 2 is 1.70 bits per heavy atom. The maximum atomic E-state index is 12.4. The largest absolute Gasteiger partial charge is 0.302 e. The van der Waals surface area contributed by atoms with Gasteiger partial charge in [-0.3, -0.25) is 9.69 Å². The standard InChI is InChI=1S/C24H28N4OS/c1-19-7-9-20(10-8-19)17-28-15-13-27(14-16-28)12-11-23(29)26-24-25-22(18-30-24)21-5-3-2-4-6-21/h2-10,18H,11-17H2,1H3,(H,25,26,29). The first-order valence-electron chi connectivity index (χ1n) is 10.5. The maximum absolute atomic E-state index is 12.4. The molecule has 3 aromatic rings. The van der Waals surface area contributed by atoms with E-state index in [2.05, 4.69) is 51.3 Å². The molecule has 0 aliphatic carbocycles. The molecule has 0 unspecified atom stereocenters. The zero-order valence-corrected chi connectivity index (χ0v) is 18.2. The SMILES string of the molecule is Cc1ccc(CN2CCN(CCC(=O)Nc3nc(-c4ccccc4)cs3)CC2)cc1. The van der Waals surface area contributed by atoms with Gasteiger partial charge >= 0.3 is 0 Å². The number of rotatable bonds is 7. The Morgan fingerprint density at radius 3 is 2.43 bits per heavy atom. The van der Waals surface area contributed by atoms with E-state index in [4.69, 9.17) is 0 Å². The summed E-state index contributed by atoms with van der Waals surface area (Å²) in [6.07, 6.45) is 0.498. The fourth-order valence-electron chi connectivity index (χ4n) is 3.64. The highest BCUT2D eigenvalue weighted by molar-refractivity contribution is 7.14. The number of anilines is 1. The van der Waals surface area contributed by atoms with Gasteiger partial charge in [-0.2, -0.15) is 0 Å². The van der Waals surface area contributed by atoms with Gasteiger partial charge in [0.25, 0.3) is 0 Å². The predicted octanol–water partition coefficient (Wildman–Crippen LogP) is 4.26. The zero-order valence-electron chi connectivity index (χ0n) is 17.4. The first kappa shape index (κ1) is 20.7. The van der Waals surface area contributed by atoms with E-state index in [1.807, 2.05) is 35.7 Å². The van der Waals surface area contributed by atoms with Crippen LogP contribution in [0.4, 0.5) is 5.13 Å². The van der Waals surface area contributed by atoms with Gasteiger partial charge in [0.1, 0.15) is 0 Å². The van der Waals surface area contributed by atoms with Crippen molar-refractivity contribution in [2.45, 2.75) is 19.9 Å². The molecule has 2 aromatic carbocycles. The van der Waals surface area contributed by atoms with E-state index in [9.17, 15) is 4.79 Å². The lowest BCUT2D eigenvalue weighted by atomic mass is 10.1. The van der Waals surface area contributed by atoms with Crippen molar-refractivity contribution in [3.8, 4) is 11.3 Å². The number of nitrogens with one attached hydrogen (secondary N) is 1. The Labute approximate surface area is 182 Å². The Balaban J connectivity index is 1.18. The molecule has 5 nitrogen and oxygen atoms in total. The van der Waals surface area contributed by atoms with Crippen molar-refractivity contribution in [1.82, 2.24) is 14.8 Å². The molecule has 1 aliphatic rings. The quantitative estimate of drug-likeness (QED) is 0.620. The summed E-state index contributed by atoms with van der Waals surface area (Å²) in [6, 6.07) is 18.8. The van der Waals surface area contributed by atoms with Gasteiger partial charge in [-0.25, -0.2) is 4.98 Å². The van der Waals surface area contributed by atoms with Crippen molar-refractivity contribution in [3.05, 3.63) is 71.1 Å². The third-order valence-corrected chi connectivity index (χ3v) is 6.22. The molecule has 0 radical (unpaired) electrons. The van der Waals surface area contributed by atoms with E-state index in [0.717, 1.165) is 50.5 Å². The van der Waals surface area contributed by atoms with Gasteiger partial charge in [0.05, 0.1) is 5.69 Å². The second-order valence-electron chi connectivity index (χ2n) is 7.81. The fraction of sp³-hybridized carbons (Fsp3) is 0.333. The number of aryl methyl sites for hydroxylation is 1. The molecule has 30 heavy (non-hydrogen) atoms. The third-order valence-electron chi connectivity index (χ3n) is 5.47. The highest BCUT2D eigenvalue weighted by Gasteiger charge is 2.18. The van der Waals surface area contributed by atoms with Crippen LogP contribution in [0.25, 0.3) is 11.3 Å². The maximum Gasteiger partial charge on any atom is 0.227 e. The van der Waals surface area contributed by atoms with Gasteiger partial charge in [0.15, 0.2) is 5.13 Å². The number of hydrogen-bond donors (Lipinski definition) is 1. The van der Waals surface area contributed by atoms with Gasteiger partial charge in [-0.05, 0) is 12.5 Å². The molecule has 1 amide bonds. The van der Waals surface area contributed by atoms with Gasteiger partial charge < -0.3 is 10.2 Å². The first-order valence-corrected chi connectivity index (χ1v) is 11.3. The van der Waals surface area contributed by atoms with Crippen molar-refractivity contribution in [1.29, 1.82) is 0 Å². The number of thiazole rings is 1. The zero-order chi connectivity index (χ0) is 20.8. The summed E-state index contributed by atoms with van der Waals surface area (Å²) < 4.78 is 0. The lowest BCUT2D eigenvalue weighted by Gasteiger charge is -2.34. The summed E-state index contributed by atoms with van der Waals surface area (Å²) >= 11 is 1.47. The average Bonchev–Trinajstić information content (AvgIpc) is 3.24. The molecule has 0 bridgehead atoms. The van der Waals surface area contributed by atoms with Crippen LogP contribution in [0.5, 0.6) is 0 Å². The van der Waals surface area contributed by atoms with Crippen molar-refractivity contribution in [2.75, 3.05) is 38.0 Å². The van der Waals surface area contributed by atoms with E-state index in [1.54, 1.807) is 0 Å². The van der Waals surface area contributed by atoms with Gasteiger partial charge in [0.2, 0.25) is 5.91 Å². The predicted molar refractivity (Wildman–Crippen MR) is 124 cm³/mol. The van der Waals surface area contributed by atoms with Crippen LogP contribution in [0.2, 0.25) is 0 Å². The summed E-state index contributed by atoms with van der Waals surface area (Å²) in [6.45, 7) is 8.02. The first-order chi connectivity index (χ1) is 14.7. The lowest BCUT2D eigenvalue weighted by molar-refractivity contribution is -0.116. The number of carbonyl (C=O) groups is 1. The molecular formula is C24H28N4OS. The van der Waals surface area contributed by atoms with Crippen molar-refractivity contribution >= 4 is 22.4 Å². The topological polar surface area (TPSA) is 48.5 Å². The van der Waals surface area contributed by atoms with E-state index < -0.39 is 0 Å². The molecule has 156 valence electrons. The number of amides is 1. The summed E-state index contributed by atoms with van der Waals surface area (Å²) in [7, 11) is 0. The van der Waals surface area contributed by atoms with Crippen LogP contribution >= 0.6 is 11.3 Å². The average molecular weight is 421 g/mol. The van der Waals surface area contributed by atoms with Gasteiger partial charge in [0, 0.05) is 56.6 Å². The van der Waals surface area contributed by atoms with Crippen LogP contribution in [0.15, 0.2) is 60.0 Å². The molecule has 1 aliphatic heterocycles. The number of aromatic nitrogens is 1. The molecule has 0 saturated carbocycles. The summed E-state index contributed by atoms with van der Waals surface area (Å²) in [5.74, 6) is 0.0334. The Morgan fingerprint density at radius 1 is 1.00 bits per heavy atom. The number of hydrogen-bond acceptors (Lipinski definition) is 5. The highest BCUT2D eigenvalue weighted by atomic mass is 32.1. The molecule has 6 heteroatoms. The molecular weight excluding hydrogens is 392 g/mol. The Hall–Kier alpha value is -2.54. The highest BCUT2D eigenvalue weighted by Crippen LogP contribution is 2.24. The third kappa shape index (κ3) is 5.75. The van der Waals surface area contributed by atoms with E-state index >= 15 is 0 Å². The smallest absolute Gasteiger partial charge is 0.227 e. The fourth-order valence-corrected chi connectivity index (χ4v) is 4.37. The Bertz CT molecular complexity index is 947. The summed E-state index contributed by atoms with van der Waals surface area (Å²) in [4.78, 5) is 21.8. The molecule has 1 saturated heterocycles. The monoisotopic (exact) mass is 420 g/mol. The van der Waals surface area contributed by atoms with Crippen molar-refractivity contribution in [3.63, 3.8) is 0 Å². The molecule has 2 heterocycles. The Kier molecular flexibility index (Phi) is 6.89. The van der Waals surface area contributed by atoms with E-state index in [1.165, 1.54) is 22.5 Å². The normalized spacial score (nSPS) is 15.2. The number of benzene rings is 2. The minimum absolute atomic E-state index is 0.0334. The molecule has 1 aromatic heterocycles. The summed E-state index contributed by atoms with van der Waals surface area (Å²) in [5.41, 5.74) is 4.64. The van der Waals surface area contributed by atoms with Crippen LogP contribution in [0.3, 0.4) is 0 Å². The van der Waals surface area contributed by atoms with Crippen molar-refractivity contribution in [2.24, 2.45) is 0 Å². The number of piperazine rings is 1. The molecule has 1 N–H and O–H groups in total. The summed E-state index contributed by atoms with van der Waals surface area (Å²) in [5, 5.41) is 5.60. The molecule has 0 spiro atoms. The van der Waals surface area contributed by atoms with Crippen LogP contribution in [-0.4, -0.2) is 53.4 Å². The number of nitrogens with zero attached hydrogens (tertiary/aromatic N) is 3. The van der Waals surface area contributed by atoms with Crippen LogP contribution in [0.1, 0.15) is 17.5 Å². The second kappa shape index (κ2) is 9.98. The molecule has 4 rings (SSSR count). The van der Waals surface area contributed by atoms with E-state index in [-0.39, 0.29) is 5.91 Å². The minimum Gasteiger partial charge on any atom is -0.302 e. The van der Waals surface area contributed by atoms with E-state index in [0.29, 0.717) is 11.6 Å². The molecule has 0 atom stereocenters. The molecule has 1 fully saturated rings. The van der Waals surface area contributed by atoms with Crippen LogP contribution in [-0.2, 0) is 11.3 Å². The van der Waals surface area contributed by atoms with Gasteiger partial charge in [-0.15, -0.1) is 11.3 Å². The minimum atomic E-state index is 0.0334. The van der Waals surface area contributed by atoms with Crippen LogP contribution in [0, 0.1) is 6.92 Å². The van der Waals surface area contributed by atoms with Crippen molar-refractivity contribution < 1.29 is 4.79 Å². The second-order valence-corrected chi connectivity index (χ2v) is 8.66. The number of carbonyl (C=O) groups excluding carboxylic acids is 1.